The van der Waals surface area contributed by atoms with Crippen LogP contribution in [-0.2, 0) is 4.79 Å². The van der Waals surface area contributed by atoms with Crippen LogP contribution in [0.25, 0.3) is 0 Å². The Hall–Kier alpha value is -2.14. The Labute approximate surface area is 120 Å². The van der Waals surface area contributed by atoms with Crippen LogP contribution in [0.1, 0.15) is 23.2 Å². The molecule has 1 heterocycles. The summed E-state index contributed by atoms with van der Waals surface area (Å²) in [6.07, 6.45) is 1.95. The van der Waals surface area contributed by atoms with Crippen molar-refractivity contribution in [3.63, 3.8) is 0 Å². The van der Waals surface area contributed by atoms with Crippen molar-refractivity contribution < 1.29 is 9.59 Å². The third-order valence-corrected chi connectivity index (χ3v) is 3.80. The molecule has 1 aliphatic rings. The fraction of sp³-hybridized carbons (Fsp3) is 0.200. The molecule has 0 aliphatic heterocycles. The first-order chi connectivity index (χ1) is 9.72. The van der Waals surface area contributed by atoms with Crippen molar-refractivity contribution in [3.05, 3.63) is 46.7 Å². The first-order valence-electron chi connectivity index (χ1n) is 6.47. The number of hydrogen-bond donors (Lipinski definition) is 2. The lowest BCUT2D eigenvalue weighted by atomic mass is 10.2. The van der Waals surface area contributed by atoms with Crippen LogP contribution >= 0.6 is 11.3 Å². The van der Waals surface area contributed by atoms with Crippen LogP contribution in [0.15, 0.2) is 41.1 Å². The summed E-state index contributed by atoms with van der Waals surface area (Å²) in [5.74, 6) is 0.0854. The molecule has 0 saturated heterocycles. The molecule has 4 nitrogen and oxygen atoms in total. The molecule has 2 amide bonds. The second-order valence-corrected chi connectivity index (χ2v) is 5.59. The van der Waals surface area contributed by atoms with Gasteiger partial charge in [-0.05, 0) is 42.5 Å². The molecular weight excluding hydrogens is 272 g/mol. The van der Waals surface area contributed by atoms with Gasteiger partial charge in [-0.3, -0.25) is 9.59 Å². The third kappa shape index (κ3) is 3.05. The smallest absolute Gasteiger partial charge is 0.256 e. The van der Waals surface area contributed by atoms with Gasteiger partial charge in [0.1, 0.15) is 0 Å². The molecule has 1 aliphatic carbocycles. The molecule has 2 aromatic rings. The number of carbonyl (C=O) groups is 2. The molecule has 1 aromatic carbocycles. The van der Waals surface area contributed by atoms with Gasteiger partial charge in [0.25, 0.3) is 5.91 Å². The number of nitrogens with one attached hydrogen (secondary N) is 2. The van der Waals surface area contributed by atoms with Crippen molar-refractivity contribution in [2.75, 3.05) is 10.6 Å². The summed E-state index contributed by atoms with van der Waals surface area (Å²) in [4.78, 5) is 23.6. The maximum atomic E-state index is 11.9. The van der Waals surface area contributed by atoms with Crippen LogP contribution in [-0.4, -0.2) is 11.8 Å². The second-order valence-electron chi connectivity index (χ2n) is 4.81. The summed E-state index contributed by atoms with van der Waals surface area (Å²) < 4.78 is 0. The Bertz CT molecular complexity index is 633. The topological polar surface area (TPSA) is 58.2 Å². The predicted molar refractivity (Wildman–Crippen MR) is 80.1 cm³/mol. The molecule has 0 atom stereocenters. The highest BCUT2D eigenvalue weighted by Crippen LogP contribution is 2.30. The zero-order valence-electron chi connectivity index (χ0n) is 10.8. The van der Waals surface area contributed by atoms with E-state index < -0.39 is 0 Å². The molecule has 1 fully saturated rings. The van der Waals surface area contributed by atoms with Gasteiger partial charge in [-0.25, -0.2) is 0 Å². The minimum absolute atomic E-state index is 0.0614. The molecule has 20 heavy (non-hydrogen) atoms. The molecule has 5 heteroatoms. The van der Waals surface area contributed by atoms with Crippen molar-refractivity contribution in [3.8, 4) is 0 Å². The van der Waals surface area contributed by atoms with E-state index in [-0.39, 0.29) is 17.7 Å². The molecule has 0 radical (unpaired) electrons. The van der Waals surface area contributed by atoms with E-state index in [0.29, 0.717) is 16.9 Å². The molecule has 1 saturated carbocycles. The summed E-state index contributed by atoms with van der Waals surface area (Å²) in [7, 11) is 0. The molecule has 0 spiro atoms. The highest BCUT2D eigenvalue weighted by Gasteiger charge is 2.29. The van der Waals surface area contributed by atoms with E-state index in [0.717, 1.165) is 12.8 Å². The van der Waals surface area contributed by atoms with Gasteiger partial charge in [0.2, 0.25) is 5.91 Å². The maximum absolute atomic E-state index is 11.9. The number of anilines is 2. The largest absolute Gasteiger partial charge is 0.326 e. The Morgan fingerprint density at radius 2 is 1.85 bits per heavy atom. The molecule has 1 aromatic heterocycles. The van der Waals surface area contributed by atoms with Gasteiger partial charge < -0.3 is 10.6 Å². The molecule has 3 rings (SSSR count). The molecule has 102 valence electrons. The van der Waals surface area contributed by atoms with Crippen LogP contribution in [0, 0.1) is 5.92 Å². The highest BCUT2D eigenvalue weighted by atomic mass is 32.1. The van der Waals surface area contributed by atoms with Crippen LogP contribution in [0.2, 0.25) is 0 Å². The minimum Gasteiger partial charge on any atom is -0.326 e. The van der Waals surface area contributed by atoms with Crippen molar-refractivity contribution in [2.45, 2.75) is 12.8 Å². The van der Waals surface area contributed by atoms with Crippen molar-refractivity contribution in [1.82, 2.24) is 0 Å². The predicted octanol–water partition coefficient (Wildman–Crippen LogP) is 3.35. The SMILES string of the molecule is O=C(Nc1cccc(NC(=O)C2CC2)c1)c1ccsc1. The van der Waals surface area contributed by atoms with Crippen molar-refractivity contribution >= 4 is 34.5 Å². The number of carbonyl (C=O) groups excluding carboxylic acids is 2. The first-order valence-corrected chi connectivity index (χ1v) is 7.41. The molecule has 2 N–H and O–H groups in total. The zero-order chi connectivity index (χ0) is 13.9. The van der Waals surface area contributed by atoms with E-state index in [4.69, 9.17) is 0 Å². The van der Waals surface area contributed by atoms with Crippen LogP contribution in [0.5, 0.6) is 0 Å². The number of hydrogen-bond acceptors (Lipinski definition) is 3. The second kappa shape index (κ2) is 5.46. The van der Waals surface area contributed by atoms with E-state index >= 15 is 0 Å². The lowest BCUT2D eigenvalue weighted by molar-refractivity contribution is -0.117. The zero-order valence-corrected chi connectivity index (χ0v) is 11.6. The van der Waals surface area contributed by atoms with E-state index in [1.165, 1.54) is 11.3 Å². The van der Waals surface area contributed by atoms with Gasteiger partial charge in [0, 0.05) is 22.7 Å². The standard InChI is InChI=1S/C15H14N2O2S/c18-14(10-4-5-10)16-12-2-1-3-13(8-12)17-15(19)11-6-7-20-9-11/h1-3,6-10H,4-5H2,(H,16,18)(H,17,19). The Balaban J connectivity index is 1.67. The monoisotopic (exact) mass is 286 g/mol. The number of thiophene rings is 1. The number of rotatable bonds is 4. The van der Waals surface area contributed by atoms with E-state index in [1.807, 2.05) is 17.5 Å². The van der Waals surface area contributed by atoms with Gasteiger partial charge in [-0.2, -0.15) is 11.3 Å². The van der Waals surface area contributed by atoms with Gasteiger partial charge in [0.15, 0.2) is 0 Å². The molecule has 0 unspecified atom stereocenters. The first kappa shape index (κ1) is 12.9. The number of benzene rings is 1. The summed E-state index contributed by atoms with van der Waals surface area (Å²) in [5, 5.41) is 9.35. The normalized spacial score (nSPS) is 13.8. The van der Waals surface area contributed by atoms with E-state index in [9.17, 15) is 9.59 Å². The Morgan fingerprint density at radius 3 is 2.50 bits per heavy atom. The van der Waals surface area contributed by atoms with Gasteiger partial charge in [-0.15, -0.1) is 0 Å². The lowest BCUT2D eigenvalue weighted by Gasteiger charge is -2.08. The fourth-order valence-electron chi connectivity index (χ4n) is 1.86. The van der Waals surface area contributed by atoms with Crippen molar-refractivity contribution in [2.24, 2.45) is 5.92 Å². The Morgan fingerprint density at radius 1 is 1.10 bits per heavy atom. The molecular formula is C15H14N2O2S. The summed E-state index contributed by atoms with van der Waals surface area (Å²) >= 11 is 1.48. The van der Waals surface area contributed by atoms with Gasteiger partial charge in [-0.1, -0.05) is 6.07 Å². The lowest BCUT2D eigenvalue weighted by Crippen LogP contribution is -2.14. The van der Waals surface area contributed by atoms with Crippen molar-refractivity contribution in [1.29, 1.82) is 0 Å². The van der Waals surface area contributed by atoms with E-state index in [2.05, 4.69) is 10.6 Å². The highest BCUT2D eigenvalue weighted by molar-refractivity contribution is 7.08. The van der Waals surface area contributed by atoms with Gasteiger partial charge >= 0.3 is 0 Å². The maximum Gasteiger partial charge on any atom is 0.256 e. The molecule has 0 bridgehead atoms. The third-order valence-electron chi connectivity index (χ3n) is 3.12. The summed E-state index contributed by atoms with van der Waals surface area (Å²) in [6, 6.07) is 8.98. The quantitative estimate of drug-likeness (QED) is 0.905. The average molecular weight is 286 g/mol. The van der Waals surface area contributed by atoms with Crippen LogP contribution < -0.4 is 10.6 Å². The average Bonchev–Trinajstić information content (AvgIpc) is 3.14. The summed E-state index contributed by atoms with van der Waals surface area (Å²) in [5.41, 5.74) is 2.03. The fourth-order valence-corrected chi connectivity index (χ4v) is 2.50. The number of amides is 2. The van der Waals surface area contributed by atoms with Crippen LogP contribution in [0.3, 0.4) is 0 Å². The van der Waals surface area contributed by atoms with Crippen LogP contribution in [0.4, 0.5) is 11.4 Å². The van der Waals surface area contributed by atoms with Gasteiger partial charge in [0.05, 0.1) is 5.56 Å². The minimum atomic E-state index is -0.142. The summed E-state index contributed by atoms with van der Waals surface area (Å²) in [6.45, 7) is 0. The van der Waals surface area contributed by atoms with E-state index in [1.54, 1.807) is 23.6 Å². The Kier molecular flexibility index (Phi) is 3.52.